The molecule has 2 atom stereocenters. The summed E-state index contributed by atoms with van der Waals surface area (Å²) in [6.07, 6.45) is 1.15. The van der Waals surface area contributed by atoms with Gasteiger partial charge in [0.1, 0.15) is 29.4 Å². The highest BCUT2D eigenvalue weighted by molar-refractivity contribution is 5.80. The van der Waals surface area contributed by atoms with E-state index in [2.05, 4.69) is 10.4 Å². The molecule has 0 aliphatic carbocycles. The molecule has 2 rings (SSSR count). The maximum atomic E-state index is 12.6. The molecule has 0 spiro atoms. The zero-order chi connectivity index (χ0) is 19.4. The second-order valence-electron chi connectivity index (χ2n) is 5.83. The first-order valence-corrected chi connectivity index (χ1v) is 8.01. The van der Waals surface area contributed by atoms with E-state index in [1.807, 2.05) is 6.92 Å². The minimum absolute atomic E-state index is 0.118. The van der Waals surface area contributed by atoms with E-state index in [0.717, 1.165) is 11.8 Å². The van der Waals surface area contributed by atoms with Gasteiger partial charge in [0.05, 0.1) is 25.2 Å². The van der Waals surface area contributed by atoms with Crippen molar-refractivity contribution in [1.82, 2.24) is 15.1 Å². The van der Waals surface area contributed by atoms with Crippen molar-refractivity contribution < 1.29 is 19.2 Å². The highest BCUT2D eigenvalue weighted by atomic mass is 16.6. The van der Waals surface area contributed by atoms with E-state index in [4.69, 9.17) is 9.47 Å². The number of amides is 1. The highest BCUT2D eigenvalue weighted by Gasteiger charge is 2.25. The Balaban J connectivity index is 2.20. The van der Waals surface area contributed by atoms with Crippen LogP contribution in [0.15, 0.2) is 24.4 Å². The molecule has 2 unspecified atom stereocenters. The molecule has 140 valence electrons. The van der Waals surface area contributed by atoms with E-state index in [1.165, 1.54) is 4.68 Å². The first kappa shape index (κ1) is 19.2. The minimum Gasteiger partial charge on any atom is -0.497 e. The Morgan fingerprint density at radius 2 is 2.00 bits per heavy atom. The van der Waals surface area contributed by atoms with Crippen LogP contribution in [-0.2, 0) is 4.79 Å². The number of benzene rings is 1. The molecule has 26 heavy (non-hydrogen) atoms. The summed E-state index contributed by atoms with van der Waals surface area (Å²) in [5.74, 6) is 0.953. The average Bonchev–Trinajstić information content (AvgIpc) is 3.01. The van der Waals surface area contributed by atoms with Gasteiger partial charge in [-0.1, -0.05) is 0 Å². The van der Waals surface area contributed by atoms with Crippen LogP contribution < -0.4 is 14.8 Å². The maximum absolute atomic E-state index is 12.6. The molecular formula is C17H22N4O5. The largest absolute Gasteiger partial charge is 0.497 e. The van der Waals surface area contributed by atoms with Crippen LogP contribution in [-0.4, -0.2) is 34.8 Å². The molecule has 2 aromatic rings. The number of ether oxygens (including phenoxy) is 2. The zero-order valence-electron chi connectivity index (χ0n) is 15.3. The number of methoxy groups -OCH3 is 2. The van der Waals surface area contributed by atoms with Crippen molar-refractivity contribution >= 4 is 11.6 Å². The van der Waals surface area contributed by atoms with Crippen LogP contribution in [0.4, 0.5) is 5.69 Å². The van der Waals surface area contributed by atoms with Crippen LogP contribution in [0.5, 0.6) is 11.5 Å². The van der Waals surface area contributed by atoms with Gasteiger partial charge in [-0.05, 0) is 39.0 Å². The van der Waals surface area contributed by atoms with Gasteiger partial charge in [0.15, 0.2) is 0 Å². The molecule has 9 heteroatoms. The van der Waals surface area contributed by atoms with Crippen LogP contribution >= 0.6 is 0 Å². The molecule has 1 heterocycles. The topological polar surface area (TPSA) is 109 Å². The van der Waals surface area contributed by atoms with Gasteiger partial charge in [0, 0.05) is 5.56 Å². The fourth-order valence-corrected chi connectivity index (χ4v) is 2.68. The summed E-state index contributed by atoms with van der Waals surface area (Å²) in [6.45, 7) is 5.01. The summed E-state index contributed by atoms with van der Waals surface area (Å²) in [5.41, 5.74) is 0.965. The molecule has 1 N–H and O–H groups in total. The third-order valence-corrected chi connectivity index (χ3v) is 4.22. The van der Waals surface area contributed by atoms with Crippen molar-refractivity contribution in [2.75, 3.05) is 14.2 Å². The summed E-state index contributed by atoms with van der Waals surface area (Å²) in [4.78, 5) is 23.0. The number of carbonyl (C=O) groups is 1. The van der Waals surface area contributed by atoms with Gasteiger partial charge in [0.25, 0.3) is 0 Å². The van der Waals surface area contributed by atoms with Crippen molar-refractivity contribution in [2.45, 2.75) is 32.9 Å². The van der Waals surface area contributed by atoms with Gasteiger partial charge in [-0.2, -0.15) is 5.10 Å². The van der Waals surface area contributed by atoms with Gasteiger partial charge >= 0.3 is 5.69 Å². The van der Waals surface area contributed by atoms with Crippen LogP contribution in [0, 0.1) is 17.0 Å². The van der Waals surface area contributed by atoms with Gasteiger partial charge in [-0.3, -0.25) is 19.6 Å². The second-order valence-corrected chi connectivity index (χ2v) is 5.83. The van der Waals surface area contributed by atoms with Crippen LogP contribution in [0.3, 0.4) is 0 Å². The predicted molar refractivity (Wildman–Crippen MR) is 94.4 cm³/mol. The van der Waals surface area contributed by atoms with Crippen LogP contribution in [0.25, 0.3) is 0 Å². The molecule has 0 saturated heterocycles. The summed E-state index contributed by atoms with van der Waals surface area (Å²) in [7, 11) is 3.11. The van der Waals surface area contributed by atoms with E-state index < -0.39 is 11.0 Å². The Morgan fingerprint density at radius 3 is 2.54 bits per heavy atom. The third-order valence-electron chi connectivity index (χ3n) is 4.22. The Labute approximate surface area is 151 Å². The quantitative estimate of drug-likeness (QED) is 0.599. The number of rotatable bonds is 7. The highest BCUT2D eigenvalue weighted by Crippen LogP contribution is 2.29. The van der Waals surface area contributed by atoms with Gasteiger partial charge in [0.2, 0.25) is 5.91 Å². The molecule has 1 aromatic heterocycles. The minimum atomic E-state index is -0.706. The smallest absolute Gasteiger partial charge is 0.309 e. The zero-order valence-corrected chi connectivity index (χ0v) is 15.3. The number of nitrogens with one attached hydrogen (secondary N) is 1. The van der Waals surface area contributed by atoms with E-state index in [9.17, 15) is 14.9 Å². The Kier molecular flexibility index (Phi) is 5.81. The summed E-state index contributed by atoms with van der Waals surface area (Å²) in [6, 6.07) is 4.26. The van der Waals surface area contributed by atoms with Crippen LogP contribution in [0.2, 0.25) is 0 Å². The molecule has 0 aliphatic heterocycles. The third kappa shape index (κ3) is 3.76. The van der Waals surface area contributed by atoms with Gasteiger partial charge < -0.3 is 14.8 Å². The Bertz CT molecular complexity index is 817. The standard InChI is InChI=1S/C17H22N4O5/c1-10(14-8-13(25-4)6-7-16(14)26-5)19-17(22)12(3)20-11(2)15(9-18-20)21(23)24/h6-10,12H,1-5H3,(H,19,22). The second kappa shape index (κ2) is 7.85. The number of hydrogen-bond donors (Lipinski definition) is 1. The lowest BCUT2D eigenvalue weighted by molar-refractivity contribution is -0.385. The van der Waals surface area contributed by atoms with E-state index in [-0.39, 0.29) is 17.6 Å². The molecular weight excluding hydrogens is 340 g/mol. The summed E-state index contributed by atoms with van der Waals surface area (Å²) >= 11 is 0. The normalized spacial score (nSPS) is 13.0. The molecule has 1 amide bonds. The Morgan fingerprint density at radius 1 is 1.31 bits per heavy atom. The van der Waals surface area contributed by atoms with E-state index in [1.54, 1.807) is 46.3 Å². The Hall–Kier alpha value is -3.10. The summed E-state index contributed by atoms with van der Waals surface area (Å²) in [5, 5.41) is 17.8. The maximum Gasteiger partial charge on any atom is 0.309 e. The van der Waals surface area contributed by atoms with E-state index in [0.29, 0.717) is 17.2 Å². The fraction of sp³-hybridized carbons (Fsp3) is 0.412. The molecule has 0 bridgehead atoms. The molecule has 0 radical (unpaired) electrons. The molecule has 1 aromatic carbocycles. The SMILES string of the molecule is COc1ccc(OC)c(C(C)NC(=O)C(C)n2ncc([N+](=O)[O-])c2C)c1. The lowest BCUT2D eigenvalue weighted by atomic mass is 10.1. The van der Waals surface area contributed by atoms with Crippen molar-refractivity contribution in [3.8, 4) is 11.5 Å². The van der Waals surface area contributed by atoms with Gasteiger partial charge in [-0.25, -0.2) is 0 Å². The van der Waals surface area contributed by atoms with Crippen LogP contribution in [0.1, 0.15) is 37.2 Å². The number of nitrogens with zero attached hydrogens (tertiary/aromatic N) is 3. The predicted octanol–water partition coefficient (Wildman–Crippen LogP) is 2.56. The van der Waals surface area contributed by atoms with Crippen molar-refractivity contribution in [1.29, 1.82) is 0 Å². The van der Waals surface area contributed by atoms with Gasteiger partial charge in [-0.15, -0.1) is 0 Å². The first-order chi connectivity index (χ1) is 12.3. The fourth-order valence-electron chi connectivity index (χ4n) is 2.68. The number of nitro groups is 1. The van der Waals surface area contributed by atoms with E-state index >= 15 is 0 Å². The number of hydrogen-bond acceptors (Lipinski definition) is 6. The first-order valence-electron chi connectivity index (χ1n) is 8.01. The average molecular weight is 362 g/mol. The van der Waals surface area contributed by atoms with Crippen molar-refractivity contribution in [2.24, 2.45) is 0 Å². The molecule has 0 saturated carbocycles. The number of aromatic nitrogens is 2. The van der Waals surface area contributed by atoms with Crippen molar-refractivity contribution in [3.05, 3.63) is 45.8 Å². The monoisotopic (exact) mass is 362 g/mol. The molecule has 0 fully saturated rings. The number of carbonyl (C=O) groups excluding carboxylic acids is 1. The molecule has 9 nitrogen and oxygen atoms in total. The summed E-state index contributed by atoms with van der Waals surface area (Å²) < 4.78 is 11.9. The lowest BCUT2D eigenvalue weighted by Gasteiger charge is -2.21. The lowest BCUT2D eigenvalue weighted by Crippen LogP contribution is -2.34. The molecule has 0 aliphatic rings. The van der Waals surface area contributed by atoms with Crippen molar-refractivity contribution in [3.63, 3.8) is 0 Å².